The summed E-state index contributed by atoms with van der Waals surface area (Å²) in [4.78, 5) is 27.2. The Hall–Kier alpha value is -2.47. The van der Waals surface area contributed by atoms with E-state index < -0.39 is 0 Å². The molecule has 6 heteroatoms. The lowest BCUT2D eigenvalue weighted by molar-refractivity contribution is -0.121. The smallest absolute Gasteiger partial charge is 0.293 e. The Labute approximate surface area is 139 Å². The second-order valence-electron chi connectivity index (χ2n) is 5.45. The van der Waals surface area contributed by atoms with Gasteiger partial charge in [0.15, 0.2) is 0 Å². The molecule has 23 heavy (non-hydrogen) atoms. The Balaban J connectivity index is 1.94. The summed E-state index contributed by atoms with van der Waals surface area (Å²) in [5.74, 6) is -0.254. The molecule has 2 aromatic rings. The summed E-state index contributed by atoms with van der Waals surface area (Å²) >= 11 is 0.969. The van der Waals surface area contributed by atoms with Crippen molar-refractivity contribution in [3.8, 4) is 5.69 Å². The Morgan fingerprint density at radius 1 is 1.09 bits per heavy atom. The SMILES string of the molecule is CN1C(=O)S/C(=C/c2cccn2-c2ccc(N(C)C)cc2)C1=O. The van der Waals surface area contributed by atoms with Crippen molar-refractivity contribution < 1.29 is 9.59 Å². The van der Waals surface area contributed by atoms with Crippen molar-refractivity contribution in [1.29, 1.82) is 0 Å². The predicted molar refractivity (Wildman–Crippen MR) is 93.8 cm³/mol. The van der Waals surface area contributed by atoms with Gasteiger partial charge in [-0.15, -0.1) is 0 Å². The zero-order valence-corrected chi connectivity index (χ0v) is 14.0. The van der Waals surface area contributed by atoms with Crippen molar-refractivity contribution in [2.75, 3.05) is 26.0 Å². The highest BCUT2D eigenvalue weighted by atomic mass is 32.2. The summed E-state index contributed by atoms with van der Waals surface area (Å²) in [6.45, 7) is 0. The zero-order chi connectivity index (χ0) is 16.6. The van der Waals surface area contributed by atoms with Gasteiger partial charge in [-0.1, -0.05) is 0 Å². The van der Waals surface area contributed by atoms with E-state index in [1.54, 1.807) is 6.08 Å². The highest BCUT2D eigenvalue weighted by molar-refractivity contribution is 8.18. The molecule has 0 spiro atoms. The molecule has 1 saturated heterocycles. The fraction of sp³-hybridized carbons (Fsp3) is 0.176. The number of carbonyl (C=O) groups is 2. The molecule has 0 bridgehead atoms. The highest BCUT2D eigenvalue weighted by Gasteiger charge is 2.31. The standard InChI is InChI=1S/C17H17N3O2S/c1-18(2)12-6-8-13(9-7-12)20-10-4-5-14(20)11-15-16(21)19(3)17(22)23-15/h4-11H,1-3H3/b15-11+. The third-order valence-electron chi connectivity index (χ3n) is 3.69. The summed E-state index contributed by atoms with van der Waals surface area (Å²) in [5, 5.41) is -0.241. The summed E-state index contributed by atoms with van der Waals surface area (Å²) in [6.07, 6.45) is 3.70. The first-order chi connectivity index (χ1) is 11.0. The van der Waals surface area contributed by atoms with Crippen molar-refractivity contribution in [2.24, 2.45) is 0 Å². The van der Waals surface area contributed by atoms with Crippen LogP contribution in [0.25, 0.3) is 11.8 Å². The molecule has 0 N–H and O–H groups in total. The maximum atomic E-state index is 12.0. The maximum absolute atomic E-state index is 12.0. The number of hydrogen-bond acceptors (Lipinski definition) is 4. The monoisotopic (exact) mass is 327 g/mol. The number of amides is 2. The number of aromatic nitrogens is 1. The molecule has 0 aliphatic carbocycles. The van der Waals surface area contributed by atoms with Gasteiger partial charge in [0, 0.05) is 44.4 Å². The normalized spacial score (nSPS) is 16.5. The van der Waals surface area contributed by atoms with Crippen molar-refractivity contribution >= 4 is 34.7 Å². The van der Waals surface area contributed by atoms with Crippen molar-refractivity contribution in [1.82, 2.24) is 9.47 Å². The number of benzene rings is 1. The van der Waals surface area contributed by atoms with Crippen LogP contribution in [-0.2, 0) is 4.79 Å². The molecule has 1 aliphatic heterocycles. The Kier molecular flexibility index (Phi) is 4.00. The Bertz CT molecular complexity index is 790. The first-order valence-electron chi connectivity index (χ1n) is 7.14. The van der Waals surface area contributed by atoms with E-state index >= 15 is 0 Å². The molecule has 5 nitrogen and oxygen atoms in total. The van der Waals surface area contributed by atoms with Crippen LogP contribution in [-0.4, -0.2) is 41.8 Å². The van der Waals surface area contributed by atoms with Crippen LogP contribution in [0.1, 0.15) is 5.69 Å². The summed E-state index contributed by atoms with van der Waals surface area (Å²) in [7, 11) is 5.49. The third-order valence-corrected chi connectivity index (χ3v) is 4.65. The van der Waals surface area contributed by atoms with Gasteiger partial charge in [0.2, 0.25) is 0 Å². The van der Waals surface area contributed by atoms with Crippen LogP contribution < -0.4 is 4.90 Å². The summed E-state index contributed by atoms with van der Waals surface area (Å²) < 4.78 is 1.99. The average Bonchev–Trinajstić information content (AvgIpc) is 3.09. The van der Waals surface area contributed by atoms with E-state index in [1.165, 1.54) is 7.05 Å². The van der Waals surface area contributed by atoms with E-state index in [-0.39, 0.29) is 11.1 Å². The van der Waals surface area contributed by atoms with E-state index in [4.69, 9.17) is 0 Å². The Morgan fingerprint density at radius 2 is 1.78 bits per heavy atom. The van der Waals surface area contributed by atoms with Gasteiger partial charge in [-0.3, -0.25) is 14.5 Å². The second kappa shape index (κ2) is 5.96. The van der Waals surface area contributed by atoms with Crippen LogP contribution in [0.15, 0.2) is 47.5 Å². The molecule has 1 aliphatic rings. The van der Waals surface area contributed by atoms with E-state index in [2.05, 4.69) is 0 Å². The predicted octanol–water partition coefficient (Wildman–Crippen LogP) is 3.21. The number of imide groups is 1. The summed E-state index contributed by atoms with van der Waals surface area (Å²) in [6, 6.07) is 12.0. The van der Waals surface area contributed by atoms with Gasteiger partial charge in [0.05, 0.1) is 4.91 Å². The van der Waals surface area contributed by atoms with Crippen molar-refractivity contribution in [3.05, 3.63) is 53.2 Å². The number of carbonyl (C=O) groups excluding carboxylic acids is 2. The zero-order valence-electron chi connectivity index (χ0n) is 13.2. The minimum Gasteiger partial charge on any atom is -0.378 e. The van der Waals surface area contributed by atoms with Crippen molar-refractivity contribution in [2.45, 2.75) is 0 Å². The van der Waals surface area contributed by atoms with Gasteiger partial charge >= 0.3 is 0 Å². The fourth-order valence-electron chi connectivity index (χ4n) is 2.34. The molecule has 1 fully saturated rings. The molecule has 1 aromatic heterocycles. The van der Waals surface area contributed by atoms with Crippen LogP contribution in [0.5, 0.6) is 0 Å². The average molecular weight is 327 g/mol. The molecule has 3 rings (SSSR count). The van der Waals surface area contributed by atoms with Gasteiger partial charge in [-0.2, -0.15) is 0 Å². The van der Waals surface area contributed by atoms with Crippen LogP contribution in [0.3, 0.4) is 0 Å². The largest absolute Gasteiger partial charge is 0.378 e. The molecule has 0 radical (unpaired) electrons. The first-order valence-corrected chi connectivity index (χ1v) is 7.95. The van der Waals surface area contributed by atoms with E-state index in [9.17, 15) is 9.59 Å². The molecule has 0 unspecified atom stereocenters. The van der Waals surface area contributed by atoms with E-state index in [1.807, 2.05) is 66.2 Å². The number of hydrogen-bond donors (Lipinski definition) is 0. The molecule has 0 atom stereocenters. The van der Waals surface area contributed by atoms with Crippen LogP contribution >= 0.6 is 11.8 Å². The van der Waals surface area contributed by atoms with E-state index in [0.717, 1.165) is 33.7 Å². The molecule has 118 valence electrons. The molecular formula is C17H17N3O2S. The molecular weight excluding hydrogens is 310 g/mol. The van der Waals surface area contributed by atoms with Gasteiger partial charge in [0.25, 0.3) is 11.1 Å². The molecule has 2 amide bonds. The maximum Gasteiger partial charge on any atom is 0.293 e. The lowest BCUT2D eigenvalue weighted by Gasteiger charge is -2.13. The van der Waals surface area contributed by atoms with E-state index in [0.29, 0.717) is 4.91 Å². The second-order valence-corrected chi connectivity index (χ2v) is 6.45. The lowest BCUT2D eigenvalue weighted by atomic mass is 10.2. The fourth-order valence-corrected chi connectivity index (χ4v) is 3.15. The Morgan fingerprint density at radius 3 is 2.35 bits per heavy atom. The van der Waals surface area contributed by atoms with Gasteiger partial charge in [-0.05, 0) is 54.2 Å². The molecule has 0 saturated carbocycles. The summed E-state index contributed by atoms with van der Waals surface area (Å²) in [5.41, 5.74) is 2.98. The van der Waals surface area contributed by atoms with Gasteiger partial charge in [-0.25, -0.2) is 0 Å². The highest BCUT2D eigenvalue weighted by Crippen LogP contribution is 2.31. The van der Waals surface area contributed by atoms with Gasteiger partial charge in [0.1, 0.15) is 0 Å². The lowest BCUT2D eigenvalue weighted by Crippen LogP contribution is -2.22. The van der Waals surface area contributed by atoms with Gasteiger partial charge < -0.3 is 9.47 Å². The minimum atomic E-state index is -0.254. The first kappa shape index (κ1) is 15.4. The molecule has 1 aromatic carbocycles. The number of likely N-dealkylation sites (N-methyl/N-ethyl adjacent to an activating group) is 1. The number of anilines is 1. The topological polar surface area (TPSA) is 45.6 Å². The number of rotatable bonds is 3. The third kappa shape index (κ3) is 2.90. The number of nitrogens with zero attached hydrogens (tertiary/aromatic N) is 3. The molecule has 2 heterocycles. The van der Waals surface area contributed by atoms with Crippen LogP contribution in [0.2, 0.25) is 0 Å². The minimum absolute atomic E-state index is 0.241. The van der Waals surface area contributed by atoms with Crippen LogP contribution in [0.4, 0.5) is 10.5 Å². The van der Waals surface area contributed by atoms with Crippen LogP contribution in [0, 0.1) is 0 Å². The van der Waals surface area contributed by atoms with Crippen molar-refractivity contribution in [3.63, 3.8) is 0 Å². The number of thioether (sulfide) groups is 1. The quantitative estimate of drug-likeness (QED) is 0.812.